The molecule has 0 amide bonds. The normalized spacial score (nSPS) is 11.3. The number of aromatic nitrogens is 1. The van der Waals surface area contributed by atoms with Gasteiger partial charge in [0.2, 0.25) is 0 Å². The topological polar surface area (TPSA) is 102 Å². The molecule has 1 N–H and O–H groups in total. The van der Waals surface area contributed by atoms with E-state index in [-0.39, 0.29) is 16.4 Å². The van der Waals surface area contributed by atoms with Gasteiger partial charge in [-0.25, -0.2) is 13.4 Å². The molecule has 116 valence electrons. The molecule has 0 saturated heterocycles. The summed E-state index contributed by atoms with van der Waals surface area (Å²) in [5.74, 6) is 0.210. The van der Waals surface area contributed by atoms with Crippen molar-refractivity contribution in [1.82, 2.24) is 4.98 Å². The third-order valence-electron chi connectivity index (χ3n) is 3.26. The van der Waals surface area contributed by atoms with Gasteiger partial charge in [0, 0.05) is 23.7 Å². The minimum absolute atomic E-state index is 0.0714. The van der Waals surface area contributed by atoms with Gasteiger partial charge in [0.15, 0.2) is 0 Å². The molecule has 3 rings (SSSR count). The van der Waals surface area contributed by atoms with Crippen molar-refractivity contribution in [3.8, 4) is 0 Å². The van der Waals surface area contributed by atoms with Crippen LogP contribution in [-0.2, 0) is 10.0 Å². The number of pyridine rings is 1. The fraction of sp³-hybridized carbons (Fsp3) is 0. The summed E-state index contributed by atoms with van der Waals surface area (Å²) in [5.41, 5.74) is -0.174. The molecule has 0 spiro atoms. The van der Waals surface area contributed by atoms with Gasteiger partial charge in [0.1, 0.15) is 5.82 Å². The Morgan fingerprint density at radius 1 is 1.00 bits per heavy atom. The van der Waals surface area contributed by atoms with Gasteiger partial charge in [-0.05, 0) is 23.6 Å². The molecule has 0 unspecified atom stereocenters. The Morgan fingerprint density at radius 3 is 2.39 bits per heavy atom. The maximum Gasteiger partial charge on any atom is 0.269 e. The van der Waals surface area contributed by atoms with Gasteiger partial charge in [-0.1, -0.05) is 24.3 Å². The standard InChI is InChI=1S/C15H11N3O4S/c19-18(20)12-5-7-13(8-6-12)23(21,22)17-15-14-4-2-1-3-11(14)9-10-16-15/h1-10H,(H,16,17). The molecule has 0 aliphatic heterocycles. The third-order valence-corrected chi connectivity index (χ3v) is 4.62. The SMILES string of the molecule is O=[N+]([O-])c1ccc(S(=O)(=O)Nc2nccc3ccccc23)cc1. The smallest absolute Gasteiger partial charge is 0.263 e. The van der Waals surface area contributed by atoms with Crippen LogP contribution in [-0.4, -0.2) is 18.3 Å². The van der Waals surface area contributed by atoms with E-state index in [2.05, 4.69) is 9.71 Å². The monoisotopic (exact) mass is 329 g/mol. The summed E-state index contributed by atoms with van der Waals surface area (Å²) in [4.78, 5) is 14.0. The van der Waals surface area contributed by atoms with Gasteiger partial charge >= 0.3 is 0 Å². The predicted octanol–water partition coefficient (Wildman–Crippen LogP) is 2.94. The molecule has 0 bridgehead atoms. The number of nitrogens with one attached hydrogen (secondary N) is 1. The van der Waals surface area contributed by atoms with E-state index in [0.29, 0.717) is 5.39 Å². The molecule has 0 radical (unpaired) electrons. The zero-order chi connectivity index (χ0) is 16.4. The van der Waals surface area contributed by atoms with Crippen LogP contribution in [0.4, 0.5) is 11.5 Å². The van der Waals surface area contributed by atoms with Gasteiger partial charge < -0.3 is 0 Å². The number of hydrogen-bond donors (Lipinski definition) is 1. The van der Waals surface area contributed by atoms with Crippen LogP contribution in [0.15, 0.2) is 65.7 Å². The van der Waals surface area contributed by atoms with E-state index < -0.39 is 14.9 Å². The lowest BCUT2D eigenvalue weighted by atomic mass is 10.2. The van der Waals surface area contributed by atoms with Gasteiger partial charge in [-0.2, -0.15) is 0 Å². The Hall–Kier alpha value is -3.00. The third kappa shape index (κ3) is 2.97. The number of nitro groups is 1. The van der Waals surface area contributed by atoms with Crippen LogP contribution in [0.1, 0.15) is 0 Å². The second kappa shape index (κ2) is 5.65. The van der Waals surface area contributed by atoms with E-state index in [4.69, 9.17) is 0 Å². The lowest BCUT2D eigenvalue weighted by Gasteiger charge is -2.09. The molecule has 3 aromatic rings. The maximum atomic E-state index is 12.4. The first kappa shape index (κ1) is 14.9. The first-order chi connectivity index (χ1) is 11.0. The Balaban J connectivity index is 1.98. The van der Waals surface area contributed by atoms with Crippen molar-refractivity contribution in [1.29, 1.82) is 0 Å². The molecule has 0 fully saturated rings. The van der Waals surface area contributed by atoms with Crippen LogP contribution in [0.3, 0.4) is 0 Å². The van der Waals surface area contributed by atoms with Crippen molar-refractivity contribution in [2.75, 3.05) is 4.72 Å². The van der Waals surface area contributed by atoms with Crippen LogP contribution in [0, 0.1) is 10.1 Å². The summed E-state index contributed by atoms with van der Waals surface area (Å²) < 4.78 is 27.2. The molecule has 1 aromatic heterocycles. The van der Waals surface area contributed by atoms with E-state index >= 15 is 0 Å². The number of sulfonamides is 1. The van der Waals surface area contributed by atoms with Crippen molar-refractivity contribution in [2.24, 2.45) is 0 Å². The van der Waals surface area contributed by atoms with Crippen LogP contribution >= 0.6 is 0 Å². The van der Waals surface area contributed by atoms with Gasteiger partial charge in [0.05, 0.1) is 9.82 Å². The molecule has 0 saturated carbocycles. The number of nitrogens with zero attached hydrogens (tertiary/aromatic N) is 2. The fourth-order valence-electron chi connectivity index (χ4n) is 2.13. The van der Waals surface area contributed by atoms with E-state index in [9.17, 15) is 18.5 Å². The second-order valence-corrected chi connectivity index (χ2v) is 6.42. The largest absolute Gasteiger partial charge is 0.269 e. The Morgan fingerprint density at radius 2 is 1.70 bits per heavy atom. The predicted molar refractivity (Wildman–Crippen MR) is 85.6 cm³/mol. The van der Waals surface area contributed by atoms with E-state index in [1.807, 2.05) is 12.1 Å². The number of non-ortho nitro benzene ring substituents is 1. The summed E-state index contributed by atoms with van der Waals surface area (Å²) >= 11 is 0. The number of anilines is 1. The summed E-state index contributed by atoms with van der Waals surface area (Å²) in [7, 11) is -3.88. The van der Waals surface area contributed by atoms with Gasteiger partial charge in [-0.15, -0.1) is 0 Å². The molecule has 0 aliphatic rings. The molecule has 1 heterocycles. The van der Waals surface area contributed by atoms with Crippen molar-refractivity contribution in [3.63, 3.8) is 0 Å². The summed E-state index contributed by atoms with van der Waals surface area (Å²) in [5, 5.41) is 12.1. The number of rotatable bonds is 4. The van der Waals surface area contributed by atoms with Gasteiger partial charge in [0.25, 0.3) is 15.7 Å². The molecule has 2 aromatic carbocycles. The molecule has 0 atom stereocenters. The minimum atomic E-state index is -3.88. The number of benzene rings is 2. The minimum Gasteiger partial charge on any atom is -0.263 e. The first-order valence-electron chi connectivity index (χ1n) is 6.58. The Labute approximate surface area is 131 Å². The molecule has 23 heavy (non-hydrogen) atoms. The second-order valence-electron chi connectivity index (χ2n) is 4.74. The highest BCUT2D eigenvalue weighted by Crippen LogP contribution is 2.24. The van der Waals surface area contributed by atoms with Crippen LogP contribution in [0.2, 0.25) is 0 Å². The molecule has 8 heteroatoms. The highest BCUT2D eigenvalue weighted by atomic mass is 32.2. The van der Waals surface area contributed by atoms with Crippen molar-refractivity contribution >= 4 is 32.3 Å². The number of nitro benzene ring substituents is 1. The average Bonchev–Trinajstić information content (AvgIpc) is 2.55. The van der Waals surface area contributed by atoms with E-state index in [1.54, 1.807) is 18.2 Å². The van der Waals surface area contributed by atoms with Crippen molar-refractivity contribution in [3.05, 3.63) is 70.9 Å². The van der Waals surface area contributed by atoms with Crippen LogP contribution in [0.5, 0.6) is 0 Å². The Bertz CT molecular complexity index is 980. The molecule has 7 nitrogen and oxygen atoms in total. The van der Waals surface area contributed by atoms with Crippen molar-refractivity contribution in [2.45, 2.75) is 4.90 Å². The highest BCUT2D eigenvalue weighted by Gasteiger charge is 2.17. The molecular formula is C15H11N3O4S. The number of fused-ring (bicyclic) bond motifs is 1. The first-order valence-corrected chi connectivity index (χ1v) is 8.07. The molecular weight excluding hydrogens is 318 g/mol. The number of hydrogen-bond acceptors (Lipinski definition) is 5. The van der Waals surface area contributed by atoms with E-state index in [1.165, 1.54) is 18.3 Å². The zero-order valence-corrected chi connectivity index (χ0v) is 12.5. The lowest BCUT2D eigenvalue weighted by Crippen LogP contribution is -2.14. The fourth-order valence-corrected chi connectivity index (χ4v) is 3.16. The quantitative estimate of drug-likeness (QED) is 0.585. The van der Waals surface area contributed by atoms with Crippen LogP contribution in [0.25, 0.3) is 10.8 Å². The van der Waals surface area contributed by atoms with Crippen LogP contribution < -0.4 is 4.72 Å². The summed E-state index contributed by atoms with van der Waals surface area (Å²) in [6.45, 7) is 0. The zero-order valence-electron chi connectivity index (χ0n) is 11.7. The highest BCUT2D eigenvalue weighted by molar-refractivity contribution is 7.92. The van der Waals surface area contributed by atoms with E-state index in [0.717, 1.165) is 17.5 Å². The average molecular weight is 329 g/mol. The summed E-state index contributed by atoms with van der Waals surface area (Å²) in [6.07, 6.45) is 1.51. The van der Waals surface area contributed by atoms with Crippen molar-refractivity contribution < 1.29 is 13.3 Å². The van der Waals surface area contributed by atoms with Gasteiger partial charge in [-0.3, -0.25) is 14.8 Å². The lowest BCUT2D eigenvalue weighted by molar-refractivity contribution is -0.384. The maximum absolute atomic E-state index is 12.4. The summed E-state index contributed by atoms with van der Waals surface area (Å²) in [6, 6.07) is 13.7. The Kier molecular flexibility index (Phi) is 3.67. The molecule has 0 aliphatic carbocycles.